The molecule has 0 aromatic carbocycles. The van der Waals surface area contributed by atoms with Crippen LogP contribution in [0.3, 0.4) is 0 Å². The van der Waals surface area contributed by atoms with Crippen molar-refractivity contribution in [2.24, 2.45) is 59.2 Å². The highest BCUT2D eigenvalue weighted by Crippen LogP contribution is 2.42. The largest absolute Gasteiger partial charge is 0.360 e. The summed E-state index contributed by atoms with van der Waals surface area (Å²) in [5, 5.41) is 0. The molecule has 3 aliphatic rings. The Balaban J connectivity index is 1.44. The second-order valence-corrected chi connectivity index (χ2v) is 22.9. The molecule has 0 N–H and O–H groups in total. The third-order valence-electron chi connectivity index (χ3n) is 16.9. The van der Waals surface area contributed by atoms with E-state index in [9.17, 15) is 4.79 Å². The van der Waals surface area contributed by atoms with Gasteiger partial charge in [-0.1, -0.05) is 163 Å². The molecule has 67 heavy (non-hydrogen) atoms. The molecule has 0 aromatic heterocycles. The van der Waals surface area contributed by atoms with Gasteiger partial charge < -0.3 is 4.90 Å². The van der Waals surface area contributed by atoms with Gasteiger partial charge in [0, 0.05) is 12.6 Å². The minimum Gasteiger partial charge on any atom is -0.360 e. The smallest absolute Gasteiger partial charge is 0.150 e. The lowest BCUT2D eigenvalue weighted by molar-refractivity contribution is 0.203. The molecule has 0 spiro atoms. The van der Waals surface area contributed by atoms with Crippen LogP contribution in [0.15, 0.2) is 127 Å². The molecular weight excluding hydrogens is 811 g/mol. The molecule has 8 unspecified atom stereocenters. The molecule has 3 fully saturated rings. The summed E-state index contributed by atoms with van der Waals surface area (Å²) in [6, 6.07) is 0.405. The summed E-state index contributed by atoms with van der Waals surface area (Å²) in [5.41, 5.74) is 10.2. The Kier molecular flexibility index (Phi) is 26.8. The van der Waals surface area contributed by atoms with Gasteiger partial charge >= 0.3 is 0 Å². The molecule has 2 nitrogen and oxygen atoms in total. The van der Waals surface area contributed by atoms with Gasteiger partial charge in [0.15, 0.2) is 5.94 Å². The van der Waals surface area contributed by atoms with Gasteiger partial charge in [-0.15, -0.1) is 13.2 Å². The minimum absolute atomic E-state index is 0.372. The summed E-state index contributed by atoms with van der Waals surface area (Å²) in [4.78, 5) is 14.5. The molecule has 2 saturated carbocycles. The van der Waals surface area contributed by atoms with E-state index in [-0.39, 0.29) is 0 Å². The van der Waals surface area contributed by atoms with Crippen molar-refractivity contribution >= 4 is 5.94 Å². The molecule has 1 aliphatic heterocycles. The third kappa shape index (κ3) is 20.6. The van der Waals surface area contributed by atoms with Crippen LogP contribution < -0.4 is 0 Å². The average molecular weight is 915 g/mol. The van der Waals surface area contributed by atoms with Gasteiger partial charge in [-0.2, -0.15) is 0 Å². The van der Waals surface area contributed by atoms with Crippen LogP contribution in [-0.2, 0) is 4.79 Å². The first-order valence-corrected chi connectivity index (χ1v) is 27.7. The third-order valence-corrected chi connectivity index (χ3v) is 16.9. The van der Waals surface area contributed by atoms with E-state index in [4.69, 9.17) is 0 Å². The number of carbonyl (C=O) groups excluding carboxylic acids is 1. The predicted molar refractivity (Wildman–Crippen MR) is 298 cm³/mol. The SMILES string of the molecule is C=CCC(CC(=C)C(C)/C=C(\C)CC(CC)C(=C)CC(C)/C=C/C=C/C=C(\C)C(CC)CC1CCCC(C(=C)C(=C=O)N2CCCC[C@H]2C)C1)C(C)CC1CCC(CC(=C)CCC(=C)C)CC1. The van der Waals surface area contributed by atoms with Crippen molar-refractivity contribution in [2.45, 2.75) is 210 Å². The molecule has 0 aromatic rings. The van der Waals surface area contributed by atoms with Crippen LogP contribution in [0.1, 0.15) is 204 Å². The predicted octanol–water partition coefficient (Wildman–Crippen LogP) is 19.3. The maximum atomic E-state index is 12.2. The number of rotatable bonds is 30. The van der Waals surface area contributed by atoms with Gasteiger partial charge in [0.1, 0.15) is 5.70 Å². The van der Waals surface area contributed by atoms with Crippen LogP contribution in [0.4, 0.5) is 0 Å². The number of hydrogen-bond acceptors (Lipinski definition) is 2. The van der Waals surface area contributed by atoms with E-state index >= 15 is 0 Å². The van der Waals surface area contributed by atoms with E-state index in [0.29, 0.717) is 53.4 Å². The van der Waals surface area contributed by atoms with Crippen LogP contribution >= 0.6 is 0 Å². The van der Waals surface area contributed by atoms with Crippen molar-refractivity contribution in [3.8, 4) is 0 Å². The number of piperidine rings is 1. The lowest BCUT2D eigenvalue weighted by Crippen LogP contribution is -2.38. The van der Waals surface area contributed by atoms with Crippen molar-refractivity contribution in [1.29, 1.82) is 0 Å². The van der Waals surface area contributed by atoms with Crippen molar-refractivity contribution < 1.29 is 4.79 Å². The summed E-state index contributed by atoms with van der Waals surface area (Å²) < 4.78 is 0. The summed E-state index contributed by atoms with van der Waals surface area (Å²) >= 11 is 0. The molecule has 0 amide bonds. The van der Waals surface area contributed by atoms with Crippen LogP contribution in [0, 0.1) is 59.2 Å². The fourth-order valence-electron chi connectivity index (χ4n) is 12.3. The molecule has 9 atom stereocenters. The van der Waals surface area contributed by atoms with Crippen LogP contribution in [0.2, 0.25) is 0 Å². The van der Waals surface area contributed by atoms with E-state index < -0.39 is 0 Å². The lowest BCUT2D eigenvalue weighted by atomic mass is 9.72. The van der Waals surface area contributed by atoms with Crippen molar-refractivity contribution in [1.82, 2.24) is 4.90 Å². The Labute approximate surface area is 415 Å². The van der Waals surface area contributed by atoms with Crippen LogP contribution in [0.5, 0.6) is 0 Å². The lowest BCUT2D eigenvalue weighted by Gasteiger charge is -2.39. The first-order chi connectivity index (χ1) is 32.0. The topological polar surface area (TPSA) is 20.3 Å². The molecule has 0 bridgehead atoms. The zero-order valence-corrected chi connectivity index (χ0v) is 45.3. The van der Waals surface area contributed by atoms with E-state index in [1.165, 1.54) is 97.6 Å². The summed E-state index contributed by atoms with van der Waals surface area (Å²) in [5.74, 6) is 8.29. The summed E-state index contributed by atoms with van der Waals surface area (Å²) in [7, 11) is 0. The highest BCUT2D eigenvalue weighted by atomic mass is 16.1. The Bertz CT molecular complexity index is 1760. The molecule has 1 saturated heterocycles. The zero-order chi connectivity index (χ0) is 49.5. The quantitative estimate of drug-likeness (QED) is 0.0407. The van der Waals surface area contributed by atoms with Gasteiger partial charge in [0.05, 0.1) is 0 Å². The van der Waals surface area contributed by atoms with Crippen molar-refractivity contribution in [3.63, 3.8) is 0 Å². The Morgan fingerprint density at radius 1 is 0.746 bits per heavy atom. The average Bonchev–Trinajstić information content (AvgIpc) is 3.30. The Morgan fingerprint density at radius 3 is 2.09 bits per heavy atom. The summed E-state index contributed by atoms with van der Waals surface area (Å²) in [6.45, 7) is 48.3. The van der Waals surface area contributed by atoms with E-state index in [2.05, 4.69) is 155 Å². The second kappa shape index (κ2) is 31.0. The van der Waals surface area contributed by atoms with E-state index in [1.54, 1.807) is 0 Å². The fraction of sp³-hybridized carbons (Fsp3) is 0.662. The highest BCUT2D eigenvalue weighted by Gasteiger charge is 2.32. The van der Waals surface area contributed by atoms with Gasteiger partial charge in [-0.3, -0.25) is 0 Å². The van der Waals surface area contributed by atoms with E-state index in [1.807, 2.05) is 0 Å². The Morgan fingerprint density at radius 2 is 1.45 bits per heavy atom. The fourth-order valence-corrected chi connectivity index (χ4v) is 12.3. The van der Waals surface area contributed by atoms with Crippen molar-refractivity contribution in [2.75, 3.05) is 6.54 Å². The molecule has 1 heterocycles. The molecule has 2 aliphatic carbocycles. The van der Waals surface area contributed by atoms with Crippen LogP contribution in [-0.4, -0.2) is 23.4 Å². The highest BCUT2D eigenvalue weighted by molar-refractivity contribution is 5.60. The van der Waals surface area contributed by atoms with Crippen molar-refractivity contribution in [3.05, 3.63) is 127 Å². The zero-order valence-electron chi connectivity index (χ0n) is 45.3. The van der Waals surface area contributed by atoms with Gasteiger partial charge in [0.2, 0.25) is 0 Å². The first-order valence-electron chi connectivity index (χ1n) is 27.7. The molecular formula is C65H103NO. The van der Waals surface area contributed by atoms with Gasteiger partial charge in [0.25, 0.3) is 0 Å². The maximum absolute atomic E-state index is 12.2. The molecule has 2 heteroatoms. The molecule has 3 rings (SSSR count). The first kappa shape index (κ1) is 58.0. The normalized spacial score (nSPS) is 24.6. The molecule has 374 valence electrons. The van der Waals surface area contributed by atoms with Crippen LogP contribution in [0.25, 0.3) is 0 Å². The number of nitrogens with zero attached hydrogens (tertiary/aromatic N) is 1. The maximum Gasteiger partial charge on any atom is 0.150 e. The standard InChI is InChI=1S/C65H103NO/c1-16-25-63(55(13)42-59-35-33-58(34-36-59)40-49(7)32-31-47(4)5)43-53(11)52(10)39-50(8)41-61(17-2)54(12)38-48(6)26-20-19-21-27-51(9)62(18-3)44-60-29-24-30-64(45-60)57(15)65(46-67)66-37-23-22-28-56(66)14/h16,19-21,26-27,39,48,52,55-56,58-64H,1,4,7,11-12,15,17-18,22-25,28-38,40-45H2,2-3,5-6,8-10,13-14H3/b21-19+,26-20+,50-39+,51-27+/t48?,52?,55?,56-,58?,59?,60?,61?,62?,63?,64?/m1/s1. The van der Waals surface area contributed by atoms with E-state index in [0.717, 1.165) is 107 Å². The number of likely N-dealkylation sites (tertiary alicyclic amines) is 1. The van der Waals surface area contributed by atoms with Gasteiger partial charge in [-0.05, 0) is 208 Å². The number of hydrogen-bond donors (Lipinski definition) is 0. The monoisotopic (exact) mass is 914 g/mol. The minimum atomic E-state index is 0.372. The Hall–Kier alpha value is -3.35. The summed E-state index contributed by atoms with van der Waals surface area (Å²) in [6.07, 6.45) is 42.3. The number of allylic oxidation sites excluding steroid dienone is 14. The molecule has 0 radical (unpaired) electrons. The van der Waals surface area contributed by atoms with Gasteiger partial charge in [-0.25, -0.2) is 4.79 Å². The second-order valence-electron chi connectivity index (χ2n) is 22.9.